The summed E-state index contributed by atoms with van der Waals surface area (Å²) >= 11 is 7.42. The Bertz CT molecular complexity index is 542. The van der Waals surface area contributed by atoms with E-state index in [-0.39, 0.29) is 16.5 Å². The Hall–Kier alpha value is -1.59. The van der Waals surface area contributed by atoms with Crippen LogP contribution >= 0.6 is 22.9 Å². The summed E-state index contributed by atoms with van der Waals surface area (Å²) in [7, 11) is 0. The maximum Gasteiger partial charge on any atom is 0.329 e. The third kappa shape index (κ3) is 3.00. The van der Waals surface area contributed by atoms with Crippen molar-refractivity contribution in [2.24, 2.45) is 0 Å². The van der Waals surface area contributed by atoms with Gasteiger partial charge in [-0.3, -0.25) is 10.1 Å². The second kappa shape index (κ2) is 5.84. The summed E-state index contributed by atoms with van der Waals surface area (Å²) in [4.78, 5) is 11.5. The van der Waals surface area contributed by atoms with Crippen molar-refractivity contribution >= 4 is 28.6 Å². The molecular formula is C12H10ClNO3S. The Labute approximate surface area is 113 Å². The highest BCUT2D eigenvalue weighted by molar-refractivity contribution is 7.09. The number of thiophene rings is 1. The molecule has 0 unspecified atom stereocenters. The minimum Gasteiger partial charge on any atom is -0.486 e. The number of halogens is 1. The number of hydrogen-bond acceptors (Lipinski definition) is 4. The predicted molar refractivity (Wildman–Crippen MR) is 71.6 cm³/mol. The Morgan fingerprint density at radius 3 is 2.83 bits per heavy atom. The molecule has 94 valence electrons. The quantitative estimate of drug-likeness (QED) is 0.617. The molecule has 0 aliphatic rings. The molecule has 0 aliphatic heterocycles. The van der Waals surface area contributed by atoms with Gasteiger partial charge in [0.25, 0.3) is 0 Å². The van der Waals surface area contributed by atoms with Crippen LogP contribution in [0.3, 0.4) is 0 Å². The third-order valence-corrected chi connectivity index (χ3v) is 3.56. The number of hydrogen-bond donors (Lipinski definition) is 0. The monoisotopic (exact) mass is 283 g/mol. The van der Waals surface area contributed by atoms with Crippen LogP contribution in [0.5, 0.6) is 5.75 Å². The second-order valence-electron chi connectivity index (χ2n) is 3.52. The van der Waals surface area contributed by atoms with E-state index in [0.29, 0.717) is 6.61 Å². The van der Waals surface area contributed by atoms with Crippen molar-refractivity contribution in [2.45, 2.75) is 6.42 Å². The number of nitro benzene ring substituents is 1. The highest BCUT2D eigenvalue weighted by atomic mass is 35.5. The van der Waals surface area contributed by atoms with Crippen LogP contribution in [0.15, 0.2) is 35.7 Å². The lowest BCUT2D eigenvalue weighted by molar-refractivity contribution is -0.385. The molecule has 0 amide bonds. The smallest absolute Gasteiger partial charge is 0.329 e. The van der Waals surface area contributed by atoms with E-state index < -0.39 is 4.92 Å². The van der Waals surface area contributed by atoms with Crippen molar-refractivity contribution in [1.82, 2.24) is 0 Å². The molecule has 0 spiro atoms. The molecule has 1 heterocycles. The van der Waals surface area contributed by atoms with Crippen LogP contribution in [0.25, 0.3) is 0 Å². The van der Waals surface area contributed by atoms with Gasteiger partial charge in [-0.25, -0.2) is 0 Å². The van der Waals surface area contributed by atoms with E-state index in [1.807, 2.05) is 17.5 Å². The fourth-order valence-corrected chi connectivity index (χ4v) is 2.43. The SMILES string of the molecule is O=[N+]([O-])c1c(Cl)cccc1OCCc1cccs1. The number of nitrogens with zero attached hydrogens (tertiary/aromatic N) is 1. The maximum atomic E-state index is 10.9. The van der Waals surface area contributed by atoms with E-state index in [1.54, 1.807) is 23.5 Å². The first-order chi connectivity index (χ1) is 8.68. The Morgan fingerprint density at radius 1 is 1.33 bits per heavy atom. The van der Waals surface area contributed by atoms with Crippen LogP contribution in [0, 0.1) is 10.1 Å². The molecule has 0 saturated carbocycles. The van der Waals surface area contributed by atoms with Crippen molar-refractivity contribution in [3.8, 4) is 5.75 Å². The summed E-state index contributed by atoms with van der Waals surface area (Å²) < 4.78 is 5.43. The minimum atomic E-state index is -0.525. The second-order valence-corrected chi connectivity index (χ2v) is 4.96. The van der Waals surface area contributed by atoms with E-state index in [9.17, 15) is 10.1 Å². The summed E-state index contributed by atoms with van der Waals surface area (Å²) in [6.45, 7) is 0.391. The lowest BCUT2D eigenvalue weighted by Gasteiger charge is -2.06. The summed E-state index contributed by atoms with van der Waals surface area (Å²) in [6.07, 6.45) is 0.724. The van der Waals surface area contributed by atoms with Gasteiger partial charge in [0.05, 0.1) is 11.5 Å². The molecule has 0 saturated heterocycles. The van der Waals surface area contributed by atoms with Crippen molar-refractivity contribution in [1.29, 1.82) is 0 Å². The van der Waals surface area contributed by atoms with Crippen molar-refractivity contribution in [2.75, 3.05) is 6.61 Å². The van der Waals surface area contributed by atoms with Gasteiger partial charge in [0, 0.05) is 11.3 Å². The Balaban J connectivity index is 2.05. The van der Waals surface area contributed by atoms with E-state index >= 15 is 0 Å². The molecular weight excluding hydrogens is 274 g/mol. The van der Waals surface area contributed by atoms with Crippen molar-refractivity contribution < 1.29 is 9.66 Å². The first-order valence-electron chi connectivity index (χ1n) is 5.26. The van der Waals surface area contributed by atoms with Gasteiger partial charge < -0.3 is 4.74 Å². The van der Waals surface area contributed by atoms with Gasteiger partial charge in [0.15, 0.2) is 5.75 Å². The summed E-state index contributed by atoms with van der Waals surface area (Å²) in [6, 6.07) is 8.63. The molecule has 6 heteroatoms. The van der Waals surface area contributed by atoms with Crippen LogP contribution in [0.1, 0.15) is 4.88 Å². The van der Waals surface area contributed by atoms with Gasteiger partial charge in [0.1, 0.15) is 5.02 Å². The van der Waals surface area contributed by atoms with E-state index in [1.165, 1.54) is 10.9 Å². The fraction of sp³-hybridized carbons (Fsp3) is 0.167. The van der Waals surface area contributed by atoms with Gasteiger partial charge in [-0.1, -0.05) is 23.7 Å². The van der Waals surface area contributed by atoms with Crippen LogP contribution < -0.4 is 4.74 Å². The Morgan fingerprint density at radius 2 is 2.17 bits per heavy atom. The Kier molecular flexibility index (Phi) is 4.17. The zero-order valence-electron chi connectivity index (χ0n) is 9.34. The first kappa shape index (κ1) is 12.9. The molecule has 1 aromatic heterocycles. The number of benzene rings is 1. The number of nitro groups is 1. The molecule has 0 atom stereocenters. The molecule has 4 nitrogen and oxygen atoms in total. The average molecular weight is 284 g/mol. The highest BCUT2D eigenvalue weighted by Gasteiger charge is 2.19. The van der Waals surface area contributed by atoms with Crippen LogP contribution in [-0.4, -0.2) is 11.5 Å². The summed E-state index contributed by atoms with van der Waals surface area (Å²) in [5, 5.41) is 13.0. The standard InChI is InChI=1S/C12H10ClNO3S/c13-10-4-1-5-11(12(10)14(15)16)17-7-6-9-3-2-8-18-9/h1-5,8H,6-7H2. The molecule has 2 aromatic rings. The largest absolute Gasteiger partial charge is 0.486 e. The maximum absolute atomic E-state index is 10.9. The zero-order valence-corrected chi connectivity index (χ0v) is 10.9. The molecule has 18 heavy (non-hydrogen) atoms. The van der Waals surface area contributed by atoms with Crippen molar-refractivity contribution in [3.05, 3.63) is 55.7 Å². The van der Waals surface area contributed by atoms with E-state index in [2.05, 4.69) is 0 Å². The van der Waals surface area contributed by atoms with Gasteiger partial charge >= 0.3 is 5.69 Å². The van der Waals surface area contributed by atoms with Crippen molar-refractivity contribution in [3.63, 3.8) is 0 Å². The third-order valence-electron chi connectivity index (χ3n) is 2.32. The van der Waals surface area contributed by atoms with Gasteiger partial charge in [-0.05, 0) is 23.6 Å². The van der Waals surface area contributed by atoms with Gasteiger partial charge in [0.2, 0.25) is 0 Å². The molecule has 0 bridgehead atoms. The molecule has 0 radical (unpaired) electrons. The fourth-order valence-electron chi connectivity index (χ4n) is 1.51. The molecule has 0 aliphatic carbocycles. The highest BCUT2D eigenvalue weighted by Crippen LogP contribution is 2.34. The zero-order chi connectivity index (χ0) is 13.0. The predicted octanol–water partition coefficient (Wildman–Crippen LogP) is 3.93. The molecule has 0 N–H and O–H groups in total. The number of rotatable bonds is 5. The molecule has 0 fully saturated rings. The summed E-state index contributed by atoms with van der Waals surface area (Å²) in [5.41, 5.74) is -0.176. The number of para-hydroxylation sites is 1. The normalized spacial score (nSPS) is 10.3. The van der Waals surface area contributed by atoms with Gasteiger partial charge in [-0.15, -0.1) is 11.3 Å². The summed E-state index contributed by atoms with van der Waals surface area (Å²) in [5.74, 6) is 0.212. The average Bonchev–Trinajstić information content (AvgIpc) is 2.81. The topological polar surface area (TPSA) is 52.4 Å². The van der Waals surface area contributed by atoms with Crippen LogP contribution in [-0.2, 0) is 6.42 Å². The van der Waals surface area contributed by atoms with Crippen LogP contribution in [0.4, 0.5) is 5.69 Å². The minimum absolute atomic E-state index is 0.0913. The number of ether oxygens (including phenoxy) is 1. The first-order valence-corrected chi connectivity index (χ1v) is 6.52. The molecule has 2 rings (SSSR count). The molecule has 1 aromatic carbocycles. The van der Waals surface area contributed by atoms with Gasteiger partial charge in [-0.2, -0.15) is 0 Å². The van der Waals surface area contributed by atoms with Crippen LogP contribution in [0.2, 0.25) is 5.02 Å². The van der Waals surface area contributed by atoms with E-state index in [0.717, 1.165) is 6.42 Å². The van der Waals surface area contributed by atoms with E-state index in [4.69, 9.17) is 16.3 Å². The lowest BCUT2D eigenvalue weighted by Crippen LogP contribution is -2.02. The lowest BCUT2D eigenvalue weighted by atomic mass is 10.3.